The molecule has 116 valence electrons. The number of carbonyl (C=O) groups excluding carboxylic acids is 1. The molecule has 0 aliphatic heterocycles. The summed E-state index contributed by atoms with van der Waals surface area (Å²) in [6.45, 7) is 4.68. The van der Waals surface area contributed by atoms with Gasteiger partial charge in [0.05, 0.1) is 12.7 Å². The Morgan fingerprint density at radius 2 is 2.05 bits per heavy atom. The van der Waals surface area contributed by atoms with Crippen LogP contribution in [0.1, 0.15) is 42.6 Å². The molecule has 1 aromatic carbocycles. The number of aromatic carboxylic acids is 1. The lowest BCUT2D eigenvalue weighted by molar-refractivity contribution is -0.121. The molecule has 2 N–H and O–H groups in total. The van der Waals surface area contributed by atoms with E-state index in [0.717, 1.165) is 12.0 Å². The first-order valence-electron chi connectivity index (χ1n) is 7.11. The average Bonchev–Trinajstić information content (AvgIpc) is 2.45. The van der Waals surface area contributed by atoms with E-state index in [0.29, 0.717) is 31.1 Å². The van der Waals surface area contributed by atoms with Crippen molar-refractivity contribution in [2.24, 2.45) is 5.92 Å². The van der Waals surface area contributed by atoms with E-state index in [-0.39, 0.29) is 11.5 Å². The number of carboxylic acid groups (broad SMARTS) is 1. The van der Waals surface area contributed by atoms with Crippen molar-refractivity contribution in [3.05, 3.63) is 29.3 Å². The minimum absolute atomic E-state index is 0.0461. The minimum atomic E-state index is -0.984. The molecule has 0 aliphatic rings. The number of methoxy groups -OCH3 is 1. The lowest BCUT2D eigenvalue weighted by Gasteiger charge is -2.10. The highest BCUT2D eigenvalue weighted by atomic mass is 16.5. The number of carboxylic acids is 1. The molecule has 21 heavy (non-hydrogen) atoms. The second-order valence-electron chi connectivity index (χ2n) is 5.36. The zero-order valence-electron chi connectivity index (χ0n) is 12.8. The van der Waals surface area contributed by atoms with E-state index in [9.17, 15) is 9.59 Å². The van der Waals surface area contributed by atoms with Gasteiger partial charge in [0.1, 0.15) is 5.75 Å². The van der Waals surface area contributed by atoms with Gasteiger partial charge in [0.2, 0.25) is 5.91 Å². The van der Waals surface area contributed by atoms with E-state index in [1.807, 2.05) is 0 Å². The van der Waals surface area contributed by atoms with Gasteiger partial charge in [-0.25, -0.2) is 4.79 Å². The van der Waals surface area contributed by atoms with Crippen LogP contribution in [-0.2, 0) is 11.2 Å². The predicted molar refractivity (Wildman–Crippen MR) is 80.7 cm³/mol. The Kier molecular flexibility index (Phi) is 6.72. The maximum atomic E-state index is 11.6. The highest BCUT2D eigenvalue weighted by Gasteiger charge is 2.09. The summed E-state index contributed by atoms with van der Waals surface area (Å²) in [5.41, 5.74) is 1.07. The zero-order chi connectivity index (χ0) is 15.8. The fraction of sp³-hybridized carbons (Fsp3) is 0.500. The molecule has 0 saturated heterocycles. The zero-order valence-corrected chi connectivity index (χ0v) is 12.8. The number of carbonyl (C=O) groups is 2. The number of nitrogens with one attached hydrogen (secondary N) is 1. The van der Waals surface area contributed by atoms with Crippen LogP contribution in [0.2, 0.25) is 0 Å². The summed E-state index contributed by atoms with van der Waals surface area (Å²) >= 11 is 0. The molecule has 0 bridgehead atoms. The van der Waals surface area contributed by atoms with Gasteiger partial charge in [0.15, 0.2) is 0 Å². The molecule has 0 radical (unpaired) electrons. The third kappa shape index (κ3) is 5.85. The first-order valence-corrected chi connectivity index (χ1v) is 7.11. The highest BCUT2D eigenvalue weighted by molar-refractivity contribution is 5.88. The fourth-order valence-electron chi connectivity index (χ4n) is 1.93. The van der Waals surface area contributed by atoms with Gasteiger partial charge in [-0.3, -0.25) is 4.79 Å². The summed E-state index contributed by atoms with van der Waals surface area (Å²) in [6, 6.07) is 4.77. The largest absolute Gasteiger partial charge is 0.496 e. The summed E-state index contributed by atoms with van der Waals surface area (Å²) in [6.07, 6.45) is 2.02. The maximum Gasteiger partial charge on any atom is 0.335 e. The van der Waals surface area contributed by atoms with Crippen LogP contribution < -0.4 is 10.1 Å². The highest BCUT2D eigenvalue weighted by Crippen LogP contribution is 2.20. The lowest BCUT2D eigenvalue weighted by atomic mass is 10.1. The molecular weight excluding hydrogens is 270 g/mol. The van der Waals surface area contributed by atoms with E-state index in [4.69, 9.17) is 9.84 Å². The van der Waals surface area contributed by atoms with Gasteiger partial charge in [-0.15, -0.1) is 0 Å². The summed E-state index contributed by atoms with van der Waals surface area (Å²) in [4.78, 5) is 22.5. The van der Waals surface area contributed by atoms with E-state index in [1.165, 1.54) is 13.2 Å². The van der Waals surface area contributed by atoms with Gasteiger partial charge in [0.25, 0.3) is 0 Å². The van der Waals surface area contributed by atoms with Crippen LogP contribution in [-0.4, -0.2) is 30.6 Å². The van der Waals surface area contributed by atoms with Crippen molar-refractivity contribution in [3.63, 3.8) is 0 Å². The van der Waals surface area contributed by atoms with Gasteiger partial charge in [-0.1, -0.05) is 19.9 Å². The van der Waals surface area contributed by atoms with Gasteiger partial charge in [-0.05, 0) is 36.5 Å². The number of hydrogen-bond acceptors (Lipinski definition) is 3. The Morgan fingerprint density at radius 1 is 1.33 bits per heavy atom. The molecule has 5 nitrogen and oxygen atoms in total. The van der Waals surface area contributed by atoms with Crippen LogP contribution in [0.25, 0.3) is 0 Å². The van der Waals surface area contributed by atoms with Crippen molar-refractivity contribution in [2.45, 2.75) is 33.1 Å². The Bertz CT molecular complexity index is 497. The van der Waals surface area contributed by atoms with E-state index < -0.39 is 5.97 Å². The second-order valence-corrected chi connectivity index (χ2v) is 5.36. The smallest absolute Gasteiger partial charge is 0.335 e. The fourth-order valence-corrected chi connectivity index (χ4v) is 1.93. The third-order valence-corrected chi connectivity index (χ3v) is 3.20. The SMILES string of the molecule is COc1cc(C(=O)O)ccc1CCNC(=O)CCC(C)C. The van der Waals surface area contributed by atoms with Crippen LogP contribution in [0.15, 0.2) is 18.2 Å². The molecule has 0 spiro atoms. The Morgan fingerprint density at radius 3 is 2.62 bits per heavy atom. The first-order chi connectivity index (χ1) is 9.93. The van der Waals surface area contributed by atoms with Crippen molar-refractivity contribution in [1.29, 1.82) is 0 Å². The normalized spacial score (nSPS) is 10.5. The summed E-state index contributed by atoms with van der Waals surface area (Å²) in [5.74, 6) is 0.109. The molecule has 0 atom stereocenters. The summed E-state index contributed by atoms with van der Waals surface area (Å²) in [7, 11) is 1.51. The Hall–Kier alpha value is -2.04. The molecule has 0 aromatic heterocycles. The van der Waals surface area contributed by atoms with Gasteiger partial charge in [-0.2, -0.15) is 0 Å². The van der Waals surface area contributed by atoms with Crippen molar-refractivity contribution in [2.75, 3.05) is 13.7 Å². The Balaban J connectivity index is 2.52. The monoisotopic (exact) mass is 293 g/mol. The Labute approximate surface area is 125 Å². The third-order valence-electron chi connectivity index (χ3n) is 3.20. The van der Waals surface area contributed by atoms with Crippen LogP contribution in [0.5, 0.6) is 5.75 Å². The topological polar surface area (TPSA) is 75.6 Å². The van der Waals surface area contributed by atoms with Gasteiger partial charge < -0.3 is 15.2 Å². The van der Waals surface area contributed by atoms with Crippen LogP contribution in [0.3, 0.4) is 0 Å². The molecule has 0 heterocycles. The molecule has 1 aromatic rings. The van der Waals surface area contributed by atoms with Crippen molar-refractivity contribution >= 4 is 11.9 Å². The molecule has 1 rings (SSSR count). The van der Waals surface area contributed by atoms with E-state index in [2.05, 4.69) is 19.2 Å². The standard InChI is InChI=1S/C16H23NO4/c1-11(2)4-7-15(18)17-9-8-12-5-6-13(16(19)20)10-14(12)21-3/h5-6,10-11H,4,7-9H2,1-3H3,(H,17,18)(H,19,20). The van der Waals surface area contributed by atoms with Crippen molar-refractivity contribution in [3.8, 4) is 5.75 Å². The first kappa shape index (κ1) is 17.0. The molecular formula is C16H23NO4. The van der Waals surface area contributed by atoms with Crippen LogP contribution in [0, 0.1) is 5.92 Å². The molecule has 0 unspecified atom stereocenters. The number of benzene rings is 1. The van der Waals surface area contributed by atoms with E-state index in [1.54, 1.807) is 12.1 Å². The second kappa shape index (κ2) is 8.29. The van der Waals surface area contributed by atoms with Crippen LogP contribution in [0.4, 0.5) is 0 Å². The number of rotatable bonds is 8. The van der Waals surface area contributed by atoms with Crippen LogP contribution >= 0.6 is 0 Å². The summed E-state index contributed by atoms with van der Waals surface area (Å²) in [5, 5.41) is 11.8. The number of amides is 1. The quantitative estimate of drug-likeness (QED) is 0.772. The number of hydrogen-bond donors (Lipinski definition) is 2. The lowest BCUT2D eigenvalue weighted by Crippen LogP contribution is -2.25. The molecule has 1 amide bonds. The average molecular weight is 293 g/mol. The van der Waals surface area contributed by atoms with Gasteiger partial charge in [0, 0.05) is 13.0 Å². The molecule has 0 fully saturated rings. The van der Waals surface area contributed by atoms with Gasteiger partial charge >= 0.3 is 5.97 Å². The maximum absolute atomic E-state index is 11.6. The predicted octanol–water partition coefficient (Wildman–Crippen LogP) is 2.49. The van der Waals surface area contributed by atoms with Crippen molar-refractivity contribution < 1.29 is 19.4 Å². The number of ether oxygens (including phenoxy) is 1. The van der Waals surface area contributed by atoms with Crippen molar-refractivity contribution in [1.82, 2.24) is 5.32 Å². The molecule has 0 aliphatic carbocycles. The molecule has 5 heteroatoms. The minimum Gasteiger partial charge on any atom is -0.496 e. The summed E-state index contributed by atoms with van der Waals surface area (Å²) < 4.78 is 5.20. The molecule has 0 saturated carbocycles. The van der Waals surface area contributed by atoms with E-state index >= 15 is 0 Å².